The Morgan fingerprint density at radius 3 is 1.07 bits per heavy atom. The third-order valence-electron chi connectivity index (χ3n) is 14.5. The molecule has 0 spiro atoms. The van der Waals surface area contributed by atoms with Crippen molar-refractivity contribution in [1.82, 2.24) is 5.32 Å². The molecule has 3 N–H and O–H groups in total. The normalized spacial score (nSPS) is 13.0. The van der Waals surface area contributed by atoms with Gasteiger partial charge in [-0.1, -0.05) is 293 Å². The molecule has 0 radical (unpaired) electrons. The lowest BCUT2D eigenvalue weighted by molar-refractivity contribution is -0.143. The Morgan fingerprint density at radius 1 is 0.384 bits per heavy atom. The first kappa shape index (κ1) is 70.6. The summed E-state index contributed by atoms with van der Waals surface area (Å²) in [5.41, 5.74) is 0. The van der Waals surface area contributed by atoms with Crippen molar-refractivity contribution in [3.8, 4) is 0 Å². The molecule has 0 bridgehead atoms. The summed E-state index contributed by atoms with van der Waals surface area (Å²) in [4.78, 5) is 24.5. The fourth-order valence-corrected chi connectivity index (χ4v) is 9.62. The molecule has 0 aliphatic carbocycles. The molecular formula is C67H123NO5. The second-order valence-electron chi connectivity index (χ2n) is 21.7. The molecule has 0 heterocycles. The van der Waals surface area contributed by atoms with Crippen LogP contribution in [0.2, 0.25) is 0 Å². The Hall–Kier alpha value is -2.44. The Balaban J connectivity index is 3.49. The molecule has 6 nitrogen and oxygen atoms in total. The number of esters is 1. The topological polar surface area (TPSA) is 95.9 Å². The van der Waals surface area contributed by atoms with Gasteiger partial charge < -0.3 is 20.3 Å². The number of aliphatic hydroxyl groups excluding tert-OH is 2. The molecule has 0 fully saturated rings. The van der Waals surface area contributed by atoms with Gasteiger partial charge in [-0.05, 0) is 83.5 Å². The number of unbranched alkanes of at least 4 members (excludes halogenated alkanes) is 40. The SMILES string of the molecule is CCCCC/C=C\C/C=C\CCCCCCCCCC(=O)OCC/C=C\C/C=C\CCCCCCCCCCCCCCCCC(=O)NC(CO)C(O)/C=C/CCCCCCCCCCCCCCCCCC. The molecule has 1 amide bonds. The minimum Gasteiger partial charge on any atom is -0.465 e. The highest BCUT2D eigenvalue weighted by Crippen LogP contribution is 2.17. The van der Waals surface area contributed by atoms with Crippen molar-refractivity contribution in [3.05, 3.63) is 60.8 Å². The molecule has 0 rings (SSSR count). The van der Waals surface area contributed by atoms with Gasteiger partial charge >= 0.3 is 5.97 Å². The van der Waals surface area contributed by atoms with Gasteiger partial charge in [-0.3, -0.25) is 9.59 Å². The summed E-state index contributed by atoms with van der Waals surface area (Å²) in [7, 11) is 0. The predicted molar refractivity (Wildman–Crippen MR) is 319 cm³/mol. The summed E-state index contributed by atoms with van der Waals surface area (Å²) < 4.78 is 5.42. The molecule has 2 unspecified atom stereocenters. The number of ether oxygens (including phenoxy) is 1. The van der Waals surface area contributed by atoms with Crippen LogP contribution in [0, 0.1) is 0 Å². The summed E-state index contributed by atoms with van der Waals surface area (Å²) in [6.45, 7) is 4.78. The highest BCUT2D eigenvalue weighted by molar-refractivity contribution is 5.76. The van der Waals surface area contributed by atoms with E-state index in [0.29, 0.717) is 19.4 Å². The molecule has 0 saturated heterocycles. The third kappa shape index (κ3) is 58.7. The van der Waals surface area contributed by atoms with Crippen LogP contribution in [0.1, 0.15) is 328 Å². The lowest BCUT2D eigenvalue weighted by Gasteiger charge is -2.20. The second kappa shape index (κ2) is 62.1. The molecule has 0 saturated carbocycles. The largest absolute Gasteiger partial charge is 0.465 e. The van der Waals surface area contributed by atoms with Crippen LogP contribution in [0.5, 0.6) is 0 Å². The highest BCUT2D eigenvalue weighted by atomic mass is 16.5. The van der Waals surface area contributed by atoms with E-state index in [1.165, 1.54) is 244 Å². The van der Waals surface area contributed by atoms with Gasteiger partial charge in [-0.25, -0.2) is 0 Å². The smallest absolute Gasteiger partial charge is 0.305 e. The molecule has 2 atom stereocenters. The van der Waals surface area contributed by atoms with E-state index in [1.807, 2.05) is 6.08 Å². The van der Waals surface area contributed by atoms with Crippen LogP contribution in [-0.2, 0) is 14.3 Å². The second-order valence-corrected chi connectivity index (χ2v) is 21.7. The van der Waals surface area contributed by atoms with E-state index >= 15 is 0 Å². The fourth-order valence-electron chi connectivity index (χ4n) is 9.62. The van der Waals surface area contributed by atoms with Gasteiger partial charge in [0.25, 0.3) is 0 Å². The van der Waals surface area contributed by atoms with Crippen LogP contribution in [0.4, 0.5) is 0 Å². The third-order valence-corrected chi connectivity index (χ3v) is 14.5. The predicted octanol–water partition coefficient (Wildman–Crippen LogP) is 20.3. The maximum absolute atomic E-state index is 12.5. The van der Waals surface area contributed by atoms with E-state index in [4.69, 9.17) is 4.74 Å². The van der Waals surface area contributed by atoms with Crippen molar-refractivity contribution in [2.24, 2.45) is 0 Å². The Morgan fingerprint density at radius 2 is 0.685 bits per heavy atom. The van der Waals surface area contributed by atoms with E-state index in [-0.39, 0.29) is 18.5 Å². The first-order valence-electron chi connectivity index (χ1n) is 32.1. The van der Waals surface area contributed by atoms with Crippen molar-refractivity contribution < 1.29 is 24.5 Å². The maximum atomic E-state index is 12.5. The number of nitrogens with one attached hydrogen (secondary N) is 1. The molecule has 0 aliphatic rings. The van der Waals surface area contributed by atoms with E-state index in [0.717, 1.165) is 57.8 Å². The number of rotatable bonds is 59. The first-order valence-corrected chi connectivity index (χ1v) is 32.1. The Labute approximate surface area is 454 Å². The standard InChI is InChI=1S/C67H123NO5/c1-3-5-7-9-11-13-15-17-19-21-28-31-35-39-43-47-51-55-59-65(70)64(63-69)68-66(71)60-56-52-48-44-40-36-32-29-25-23-22-24-26-30-34-38-42-46-50-54-58-62-73-67(72)61-57-53-49-45-41-37-33-27-20-18-16-14-12-10-8-6-4-2/h12,14,18,20,38,42,50,54-55,59,64-65,69-70H,3-11,13,15-17,19,21-37,39-41,43-49,51-53,56-58,60-63H2,1-2H3,(H,68,71)/b14-12-,20-18-,42-38-,54-50-,59-55+. The van der Waals surface area contributed by atoms with Crippen molar-refractivity contribution >= 4 is 11.9 Å². The average molecular weight is 1020 g/mol. The number of carbonyl (C=O) groups is 2. The summed E-state index contributed by atoms with van der Waals surface area (Å²) in [5, 5.41) is 23.2. The van der Waals surface area contributed by atoms with Crippen LogP contribution in [-0.4, -0.2) is 47.4 Å². The van der Waals surface area contributed by atoms with E-state index in [9.17, 15) is 19.8 Å². The molecule has 0 aromatic heterocycles. The Kier molecular flexibility index (Phi) is 60.0. The lowest BCUT2D eigenvalue weighted by atomic mass is 10.0. The molecule has 0 aliphatic heterocycles. The minimum atomic E-state index is -0.850. The number of allylic oxidation sites excluding steroid dienone is 8. The minimum absolute atomic E-state index is 0.0439. The summed E-state index contributed by atoms with van der Waals surface area (Å²) in [6.07, 6.45) is 81.3. The van der Waals surface area contributed by atoms with Crippen LogP contribution in [0.15, 0.2) is 60.8 Å². The molecule has 73 heavy (non-hydrogen) atoms. The number of amides is 1. The summed E-state index contributed by atoms with van der Waals surface area (Å²) in [5.74, 6) is -0.116. The van der Waals surface area contributed by atoms with Crippen molar-refractivity contribution in [2.75, 3.05) is 13.2 Å². The van der Waals surface area contributed by atoms with Crippen LogP contribution >= 0.6 is 0 Å². The van der Waals surface area contributed by atoms with Gasteiger partial charge in [-0.15, -0.1) is 0 Å². The van der Waals surface area contributed by atoms with Crippen LogP contribution < -0.4 is 5.32 Å². The van der Waals surface area contributed by atoms with E-state index < -0.39 is 12.1 Å². The van der Waals surface area contributed by atoms with Gasteiger partial charge in [0.2, 0.25) is 5.91 Å². The van der Waals surface area contributed by atoms with Crippen molar-refractivity contribution in [3.63, 3.8) is 0 Å². The molecular weight excluding hydrogens is 899 g/mol. The van der Waals surface area contributed by atoms with Crippen LogP contribution in [0.3, 0.4) is 0 Å². The zero-order valence-corrected chi connectivity index (χ0v) is 48.6. The van der Waals surface area contributed by atoms with Crippen molar-refractivity contribution in [1.29, 1.82) is 0 Å². The van der Waals surface area contributed by atoms with Gasteiger partial charge in [0.1, 0.15) is 0 Å². The van der Waals surface area contributed by atoms with Crippen molar-refractivity contribution in [2.45, 2.75) is 341 Å². The molecule has 0 aromatic rings. The van der Waals surface area contributed by atoms with Gasteiger partial charge in [0.05, 0.1) is 25.4 Å². The highest BCUT2D eigenvalue weighted by Gasteiger charge is 2.18. The zero-order valence-electron chi connectivity index (χ0n) is 48.6. The quantitative estimate of drug-likeness (QED) is 0.0320. The maximum Gasteiger partial charge on any atom is 0.305 e. The van der Waals surface area contributed by atoms with E-state index in [1.54, 1.807) is 6.08 Å². The van der Waals surface area contributed by atoms with Gasteiger partial charge in [-0.2, -0.15) is 0 Å². The van der Waals surface area contributed by atoms with E-state index in [2.05, 4.69) is 67.8 Å². The van der Waals surface area contributed by atoms with Gasteiger partial charge in [0.15, 0.2) is 0 Å². The number of aliphatic hydroxyl groups is 2. The van der Waals surface area contributed by atoms with Gasteiger partial charge in [0, 0.05) is 12.8 Å². The number of hydrogen-bond acceptors (Lipinski definition) is 5. The molecule has 426 valence electrons. The fraction of sp³-hybridized carbons (Fsp3) is 0.821. The Bertz CT molecular complexity index is 1270. The molecule has 6 heteroatoms. The number of carbonyl (C=O) groups excluding carboxylic acids is 2. The average Bonchev–Trinajstić information content (AvgIpc) is 3.39. The number of hydrogen-bond donors (Lipinski definition) is 3. The lowest BCUT2D eigenvalue weighted by Crippen LogP contribution is -2.45. The molecule has 0 aromatic carbocycles. The summed E-state index contributed by atoms with van der Waals surface area (Å²) in [6, 6.07) is -0.634. The van der Waals surface area contributed by atoms with Crippen LogP contribution in [0.25, 0.3) is 0 Å². The monoisotopic (exact) mass is 1020 g/mol. The summed E-state index contributed by atoms with van der Waals surface area (Å²) >= 11 is 0. The zero-order chi connectivity index (χ0) is 52.9. The first-order chi connectivity index (χ1) is 36.0.